The maximum Gasteiger partial charge on any atom is 0.269 e. The molecule has 116 valence electrons. The van der Waals surface area contributed by atoms with E-state index in [1.165, 1.54) is 0 Å². The zero-order chi connectivity index (χ0) is 15.8. The number of nitrogens with one attached hydrogen (secondary N) is 2. The van der Waals surface area contributed by atoms with Crippen LogP contribution in [-0.4, -0.2) is 17.4 Å². The van der Waals surface area contributed by atoms with Crippen molar-refractivity contribution < 1.29 is 4.79 Å². The first-order valence-corrected chi connectivity index (χ1v) is 8.25. The number of rotatable bonds is 7. The van der Waals surface area contributed by atoms with E-state index in [1.54, 1.807) is 12.3 Å². The molecule has 2 rings (SSSR count). The van der Waals surface area contributed by atoms with Gasteiger partial charge in [-0.25, -0.2) is 0 Å². The average molecular weight is 362 g/mol. The number of unbranched alkanes of at least 4 members (excludes halogenated alkanes) is 2. The van der Waals surface area contributed by atoms with Crippen LogP contribution in [0.5, 0.6) is 0 Å². The fourth-order valence-corrected chi connectivity index (χ4v) is 2.43. The van der Waals surface area contributed by atoms with Crippen LogP contribution >= 0.6 is 15.9 Å². The normalized spacial score (nSPS) is 10.3. The van der Waals surface area contributed by atoms with Crippen LogP contribution in [0, 0.1) is 0 Å². The van der Waals surface area contributed by atoms with E-state index in [0.717, 1.165) is 35.1 Å². The van der Waals surface area contributed by atoms with Gasteiger partial charge < -0.3 is 10.6 Å². The Balaban J connectivity index is 1.98. The van der Waals surface area contributed by atoms with Gasteiger partial charge in [0.1, 0.15) is 5.69 Å². The van der Waals surface area contributed by atoms with Crippen molar-refractivity contribution >= 4 is 33.2 Å². The number of pyridine rings is 1. The minimum atomic E-state index is -0.131. The Morgan fingerprint density at radius 3 is 2.77 bits per heavy atom. The molecular formula is C17H20BrN3O. The van der Waals surface area contributed by atoms with Crippen LogP contribution in [0.2, 0.25) is 0 Å². The molecule has 0 fully saturated rings. The second-order valence-corrected chi connectivity index (χ2v) is 5.94. The van der Waals surface area contributed by atoms with E-state index in [-0.39, 0.29) is 5.91 Å². The molecule has 0 saturated heterocycles. The number of nitrogens with zero attached hydrogens (tertiary/aromatic N) is 1. The molecule has 1 heterocycles. The van der Waals surface area contributed by atoms with Crippen molar-refractivity contribution in [1.82, 2.24) is 10.3 Å². The molecule has 0 aliphatic carbocycles. The first-order valence-electron chi connectivity index (χ1n) is 7.46. The van der Waals surface area contributed by atoms with Crippen molar-refractivity contribution in [2.75, 3.05) is 11.9 Å². The molecule has 22 heavy (non-hydrogen) atoms. The van der Waals surface area contributed by atoms with Crippen LogP contribution in [0.4, 0.5) is 11.4 Å². The third-order valence-corrected chi connectivity index (χ3v) is 3.67. The largest absolute Gasteiger partial charge is 0.355 e. The summed E-state index contributed by atoms with van der Waals surface area (Å²) in [5.74, 6) is -0.131. The first-order chi connectivity index (χ1) is 10.7. The Morgan fingerprint density at radius 2 is 2.00 bits per heavy atom. The highest BCUT2D eigenvalue weighted by atomic mass is 79.9. The van der Waals surface area contributed by atoms with Crippen LogP contribution in [-0.2, 0) is 0 Å². The molecule has 0 aliphatic rings. The Hall–Kier alpha value is -1.88. The van der Waals surface area contributed by atoms with Gasteiger partial charge in [0, 0.05) is 28.6 Å². The quantitative estimate of drug-likeness (QED) is 0.713. The van der Waals surface area contributed by atoms with Crippen molar-refractivity contribution in [2.45, 2.75) is 26.2 Å². The van der Waals surface area contributed by atoms with Gasteiger partial charge in [0.2, 0.25) is 0 Å². The lowest BCUT2D eigenvalue weighted by Gasteiger charge is -2.09. The Kier molecular flexibility index (Phi) is 6.40. The molecule has 4 nitrogen and oxygen atoms in total. The smallest absolute Gasteiger partial charge is 0.269 e. The number of amides is 1. The van der Waals surface area contributed by atoms with E-state index < -0.39 is 0 Å². The highest BCUT2D eigenvalue weighted by molar-refractivity contribution is 9.10. The van der Waals surface area contributed by atoms with Gasteiger partial charge in [-0.3, -0.25) is 9.78 Å². The summed E-state index contributed by atoms with van der Waals surface area (Å²) < 4.78 is 1.00. The van der Waals surface area contributed by atoms with Crippen LogP contribution in [0.25, 0.3) is 0 Å². The van der Waals surface area contributed by atoms with Crippen molar-refractivity contribution in [1.29, 1.82) is 0 Å². The number of benzene rings is 1. The average Bonchev–Trinajstić information content (AvgIpc) is 2.52. The van der Waals surface area contributed by atoms with Crippen molar-refractivity contribution in [3.05, 3.63) is 52.8 Å². The number of hydrogen-bond acceptors (Lipinski definition) is 3. The summed E-state index contributed by atoms with van der Waals surface area (Å²) in [6.07, 6.45) is 4.90. The zero-order valence-corrected chi connectivity index (χ0v) is 14.2. The molecule has 0 bridgehead atoms. The number of anilines is 2. The molecule has 2 N–H and O–H groups in total. The van der Waals surface area contributed by atoms with E-state index in [9.17, 15) is 4.79 Å². The van der Waals surface area contributed by atoms with Crippen LogP contribution < -0.4 is 10.6 Å². The standard InChI is InChI=1S/C17H20BrN3O/c1-2-3-4-9-20-17(22)16-12-15(8-10-19-16)21-14-7-5-6-13(18)11-14/h5-8,10-12H,2-4,9H2,1H3,(H,19,21)(H,20,22). The number of carbonyl (C=O) groups is 1. The van der Waals surface area contributed by atoms with Gasteiger partial charge in [-0.05, 0) is 36.8 Å². The lowest BCUT2D eigenvalue weighted by Crippen LogP contribution is -2.25. The van der Waals surface area contributed by atoms with E-state index >= 15 is 0 Å². The summed E-state index contributed by atoms with van der Waals surface area (Å²) in [5, 5.41) is 6.16. The third-order valence-electron chi connectivity index (χ3n) is 3.17. The molecule has 5 heteroatoms. The highest BCUT2D eigenvalue weighted by Gasteiger charge is 2.07. The molecule has 0 radical (unpaired) electrons. The molecule has 2 aromatic rings. The maximum absolute atomic E-state index is 12.1. The number of hydrogen-bond donors (Lipinski definition) is 2. The lowest BCUT2D eigenvalue weighted by atomic mass is 10.2. The zero-order valence-electron chi connectivity index (χ0n) is 12.6. The molecule has 0 aliphatic heterocycles. The number of carbonyl (C=O) groups excluding carboxylic acids is 1. The number of halogens is 1. The van der Waals surface area contributed by atoms with Crippen LogP contribution in [0.15, 0.2) is 47.1 Å². The second kappa shape index (κ2) is 8.54. The van der Waals surface area contributed by atoms with Crippen LogP contribution in [0.3, 0.4) is 0 Å². The van der Waals surface area contributed by atoms with Gasteiger partial charge in [0.25, 0.3) is 5.91 Å². The van der Waals surface area contributed by atoms with Gasteiger partial charge in [0.05, 0.1) is 0 Å². The van der Waals surface area contributed by atoms with E-state index in [0.29, 0.717) is 12.2 Å². The third kappa shape index (κ3) is 5.15. The predicted molar refractivity (Wildman–Crippen MR) is 93.5 cm³/mol. The summed E-state index contributed by atoms with van der Waals surface area (Å²) in [5.41, 5.74) is 2.22. The molecule has 1 amide bonds. The SMILES string of the molecule is CCCCCNC(=O)c1cc(Nc2cccc(Br)c2)ccn1. The van der Waals surface area contributed by atoms with E-state index in [2.05, 4.69) is 38.5 Å². The molecule has 1 aromatic carbocycles. The van der Waals surface area contributed by atoms with Crippen LogP contribution in [0.1, 0.15) is 36.7 Å². The van der Waals surface area contributed by atoms with Gasteiger partial charge in [-0.2, -0.15) is 0 Å². The minimum absolute atomic E-state index is 0.131. The summed E-state index contributed by atoms with van der Waals surface area (Å²) in [4.78, 5) is 16.2. The molecule has 0 unspecified atom stereocenters. The first kappa shape index (κ1) is 16.5. The monoisotopic (exact) mass is 361 g/mol. The van der Waals surface area contributed by atoms with Crippen molar-refractivity contribution in [3.8, 4) is 0 Å². The molecule has 0 atom stereocenters. The van der Waals surface area contributed by atoms with Gasteiger partial charge in [0.15, 0.2) is 0 Å². The predicted octanol–water partition coefficient (Wildman–Crippen LogP) is 4.51. The summed E-state index contributed by atoms with van der Waals surface area (Å²) in [7, 11) is 0. The number of aromatic nitrogens is 1. The maximum atomic E-state index is 12.1. The molecule has 0 saturated carbocycles. The Bertz CT molecular complexity index is 631. The van der Waals surface area contributed by atoms with E-state index in [4.69, 9.17) is 0 Å². The summed E-state index contributed by atoms with van der Waals surface area (Å²) in [6, 6.07) is 11.5. The Morgan fingerprint density at radius 1 is 1.18 bits per heavy atom. The van der Waals surface area contributed by atoms with Crippen molar-refractivity contribution in [3.63, 3.8) is 0 Å². The Labute approximate surface area is 139 Å². The highest BCUT2D eigenvalue weighted by Crippen LogP contribution is 2.20. The fourth-order valence-electron chi connectivity index (χ4n) is 2.03. The topological polar surface area (TPSA) is 54.0 Å². The summed E-state index contributed by atoms with van der Waals surface area (Å²) >= 11 is 3.44. The van der Waals surface area contributed by atoms with E-state index in [1.807, 2.05) is 30.3 Å². The minimum Gasteiger partial charge on any atom is -0.355 e. The van der Waals surface area contributed by atoms with Gasteiger partial charge in [-0.1, -0.05) is 41.8 Å². The molecule has 0 spiro atoms. The second-order valence-electron chi connectivity index (χ2n) is 5.03. The molecule has 1 aromatic heterocycles. The van der Waals surface area contributed by atoms with Gasteiger partial charge in [-0.15, -0.1) is 0 Å². The summed E-state index contributed by atoms with van der Waals surface area (Å²) in [6.45, 7) is 2.83. The fraction of sp³-hybridized carbons (Fsp3) is 0.294. The van der Waals surface area contributed by atoms with Crippen molar-refractivity contribution in [2.24, 2.45) is 0 Å². The van der Waals surface area contributed by atoms with Gasteiger partial charge >= 0.3 is 0 Å². The molecular weight excluding hydrogens is 342 g/mol. The lowest BCUT2D eigenvalue weighted by molar-refractivity contribution is 0.0948.